The predicted octanol–water partition coefficient (Wildman–Crippen LogP) is 4.62. The van der Waals surface area contributed by atoms with Gasteiger partial charge in [-0.05, 0) is 42.8 Å². The Morgan fingerprint density at radius 1 is 1.11 bits per heavy atom. The van der Waals surface area contributed by atoms with Crippen LogP contribution >= 0.6 is 0 Å². The number of hydrogen-bond donors (Lipinski definition) is 1. The summed E-state index contributed by atoms with van der Waals surface area (Å²) in [4.78, 5) is 31.7. The third kappa shape index (κ3) is 4.04. The van der Waals surface area contributed by atoms with E-state index >= 15 is 0 Å². The number of pyridine rings is 2. The van der Waals surface area contributed by atoms with Crippen molar-refractivity contribution >= 4 is 39.8 Å². The highest BCUT2D eigenvalue weighted by atomic mass is 16.5. The topological polar surface area (TPSA) is 110 Å². The third-order valence-electron chi connectivity index (χ3n) is 6.33. The van der Waals surface area contributed by atoms with Crippen molar-refractivity contribution in [1.82, 2.24) is 29.5 Å². The maximum atomic E-state index is 12.7. The number of nitrogens with one attached hydrogen (secondary N) is 1. The van der Waals surface area contributed by atoms with E-state index in [1.165, 1.54) is 12.7 Å². The van der Waals surface area contributed by atoms with Crippen molar-refractivity contribution in [3.63, 3.8) is 0 Å². The van der Waals surface area contributed by atoms with E-state index in [9.17, 15) is 4.79 Å². The fourth-order valence-corrected chi connectivity index (χ4v) is 4.30. The fraction of sp³-hybridized carbons (Fsp3) is 0.111. The molecule has 5 heterocycles. The Morgan fingerprint density at radius 2 is 2.00 bits per heavy atom. The van der Waals surface area contributed by atoms with Crippen molar-refractivity contribution in [2.24, 2.45) is 5.92 Å². The van der Waals surface area contributed by atoms with Crippen LogP contribution in [0.1, 0.15) is 5.56 Å². The minimum Gasteiger partial charge on any atom is -0.457 e. The van der Waals surface area contributed by atoms with Crippen LogP contribution < -0.4 is 15.0 Å². The Hall–Kier alpha value is -5.12. The smallest absolute Gasteiger partial charge is 0.255 e. The van der Waals surface area contributed by atoms with Crippen LogP contribution in [0.25, 0.3) is 16.6 Å². The number of rotatable bonds is 6. The largest absolute Gasteiger partial charge is 0.457 e. The zero-order chi connectivity index (χ0) is 25.5. The van der Waals surface area contributed by atoms with E-state index in [-0.39, 0.29) is 11.8 Å². The van der Waals surface area contributed by atoms with Crippen LogP contribution in [0.2, 0.25) is 0 Å². The third-order valence-corrected chi connectivity index (χ3v) is 6.33. The molecule has 1 fully saturated rings. The SMILES string of the molecule is C=C[C@@H]1CN(c2cc3c(Nc4ccc(Oc5ccn6ncnc6c5)c(C)c4)ncnc3cn2)C(=O)C1=C. The molecule has 0 unspecified atom stereocenters. The maximum absolute atomic E-state index is 12.7. The van der Waals surface area contributed by atoms with E-state index in [0.29, 0.717) is 40.7 Å². The number of anilines is 3. The summed E-state index contributed by atoms with van der Waals surface area (Å²) in [7, 11) is 0. The molecule has 1 atom stereocenters. The maximum Gasteiger partial charge on any atom is 0.255 e. The van der Waals surface area contributed by atoms with Gasteiger partial charge >= 0.3 is 0 Å². The molecular formula is C27H22N8O2. The molecule has 1 aliphatic rings. The van der Waals surface area contributed by atoms with Crippen molar-refractivity contribution in [1.29, 1.82) is 0 Å². The summed E-state index contributed by atoms with van der Waals surface area (Å²) in [6.07, 6.45) is 8.16. The van der Waals surface area contributed by atoms with Gasteiger partial charge in [0.25, 0.3) is 5.91 Å². The van der Waals surface area contributed by atoms with Crippen LogP contribution in [-0.2, 0) is 4.79 Å². The summed E-state index contributed by atoms with van der Waals surface area (Å²) >= 11 is 0. The molecule has 0 saturated carbocycles. The lowest BCUT2D eigenvalue weighted by atomic mass is 10.1. The van der Waals surface area contributed by atoms with E-state index < -0.39 is 0 Å². The molecule has 1 N–H and O–H groups in total. The average molecular weight is 491 g/mol. The number of aryl methyl sites for hydroxylation is 1. The monoisotopic (exact) mass is 490 g/mol. The summed E-state index contributed by atoms with van der Waals surface area (Å²) in [6, 6.07) is 11.3. The molecule has 37 heavy (non-hydrogen) atoms. The molecule has 0 radical (unpaired) electrons. The van der Waals surface area contributed by atoms with Gasteiger partial charge in [0, 0.05) is 41.4 Å². The second-order valence-corrected chi connectivity index (χ2v) is 8.70. The first-order chi connectivity index (χ1) is 18.0. The van der Waals surface area contributed by atoms with Crippen LogP contribution in [-0.4, -0.2) is 42.0 Å². The highest BCUT2D eigenvalue weighted by molar-refractivity contribution is 6.09. The highest BCUT2D eigenvalue weighted by Gasteiger charge is 2.33. The number of fused-ring (bicyclic) bond motifs is 2. The summed E-state index contributed by atoms with van der Waals surface area (Å²) in [5.74, 6) is 2.26. The number of carbonyl (C=O) groups excluding carboxylic acids is 1. The fourth-order valence-electron chi connectivity index (χ4n) is 4.30. The van der Waals surface area contributed by atoms with Gasteiger partial charge in [-0.15, -0.1) is 6.58 Å². The quantitative estimate of drug-likeness (QED) is 0.271. The summed E-state index contributed by atoms with van der Waals surface area (Å²) < 4.78 is 7.75. The molecule has 1 aliphatic heterocycles. The zero-order valence-corrected chi connectivity index (χ0v) is 20.0. The van der Waals surface area contributed by atoms with Gasteiger partial charge in [0.1, 0.15) is 35.8 Å². The van der Waals surface area contributed by atoms with Gasteiger partial charge < -0.3 is 10.1 Å². The van der Waals surface area contributed by atoms with Gasteiger partial charge in [-0.2, -0.15) is 5.10 Å². The lowest BCUT2D eigenvalue weighted by Crippen LogP contribution is -2.25. The van der Waals surface area contributed by atoms with Crippen molar-refractivity contribution < 1.29 is 9.53 Å². The number of nitrogens with zero attached hydrogens (tertiary/aromatic N) is 7. The standard InChI is InChI=1S/C27H22N8O2/c1-4-18-13-34(27(36)17(18)3)24-11-21-22(12-28-24)29-14-31-26(21)33-19-5-6-23(16(2)9-19)37-20-7-8-35-25(10-20)30-15-32-35/h4-12,14-15,18H,1,3,13H2,2H3,(H,29,31,33)/t18-/m1/s1. The Morgan fingerprint density at radius 3 is 2.81 bits per heavy atom. The molecule has 4 aromatic heterocycles. The molecule has 0 spiro atoms. The molecule has 182 valence electrons. The molecule has 6 rings (SSSR count). The van der Waals surface area contributed by atoms with Crippen molar-refractivity contribution in [2.45, 2.75) is 6.92 Å². The van der Waals surface area contributed by atoms with Gasteiger partial charge in [-0.1, -0.05) is 12.7 Å². The number of carbonyl (C=O) groups is 1. The van der Waals surface area contributed by atoms with E-state index in [1.807, 2.05) is 43.3 Å². The highest BCUT2D eigenvalue weighted by Crippen LogP contribution is 2.33. The molecule has 0 bridgehead atoms. The van der Waals surface area contributed by atoms with E-state index in [1.54, 1.807) is 27.9 Å². The van der Waals surface area contributed by atoms with Crippen LogP contribution in [0, 0.1) is 12.8 Å². The molecule has 0 aliphatic carbocycles. The van der Waals surface area contributed by atoms with Gasteiger partial charge in [-0.25, -0.2) is 24.5 Å². The lowest BCUT2D eigenvalue weighted by Gasteiger charge is -2.16. The minimum absolute atomic E-state index is 0.100. The first kappa shape index (κ1) is 22.4. The van der Waals surface area contributed by atoms with E-state index in [4.69, 9.17) is 4.74 Å². The molecule has 1 aromatic carbocycles. The van der Waals surface area contributed by atoms with E-state index in [0.717, 1.165) is 22.4 Å². The summed E-state index contributed by atoms with van der Waals surface area (Å²) in [5.41, 5.74) is 3.64. The van der Waals surface area contributed by atoms with Gasteiger partial charge in [0.15, 0.2) is 5.65 Å². The van der Waals surface area contributed by atoms with Crippen molar-refractivity contribution in [3.05, 3.63) is 91.8 Å². The number of aromatic nitrogens is 6. The number of ether oxygens (including phenoxy) is 1. The summed E-state index contributed by atoms with van der Waals surface area (Å²) in [5, 5.41) is 8.21. The molecule has 10 nitrogen and oxygen atoms in total. The molecular weight excluding hydrogens is 468 g/mol. The molecule has 5 aromatic rings. The number of benzene rings is 1. The Balaban J connectivity index is 1.27. The van der Waals surface area contributed by atoms with Crippen molar-refractivity contribution in [2.75, 3.05) is 16.8 Å². The summed E-state index contributed by atoms with van der Waals surface area (Å²) in [6.45, 7) is 10.1. The lowest BCUT2D eigenvalue weighted by molar-refractivity contribution is -0.114. The predicted molar refractivity (Wildman–Crippen MR) is 140 cm³/mol. The molecule has 1 saturated heterocycles. The van der Waals surface area contributed by atoms with Crippen LogP contribution in [0.15, 0.2) is 86.3 Å². The minimum atomic E-state index is -0.155. The first-order valence-corrected chi connectivity index (χ1v) is 11.6. The van der Waals surface area contributed by atoms with Gasteiger partial charge in [-0.3, -0.25) is 9.69 Å². The van der Waals surface area contributed by atoms with Crippen LogP contribution in [0.3, 0.4) is 0 Å². The number of hydrogen-bond acceptors (Lipinski definition) is 8. The van der Waals surface area contributed by atoms with E-state index in [2.05, 4.69) is 43.5 Å². The Bertz CT molecular complexity index is 1710. The normalized spacial score (nSPS) is 15.5. The van der Waals surface area contributed by atoms with Crippen LogP contribution in [0.5, 0.6) is 11.5 Å². The Kier molecular flexibility index (Phi) is 5.33. The average Bonchev–Trinajstić information content (AvgIpc) is 3.49. The van der Waals surface area contributed by atoms with Crippen LogP contribution in [0.4, 0.5) is 17.3 Å². The van der Waals surface area contributed by atoms with Gasteiger partial charge in [0.05, 0.1) is 11.7 Å². The van der Waals surface area contributed by atoms with Gasteiger partial charge in [0.2, 0.25) is 0 Å². The Labute approximate surface area is 212 Å². The first-order valence-electron chi connectivity index (χ1n) is 11.6. The molecule has 1 amide bonds. The number of amides is 1. The second kappa shape index (κ2) is 8.83. The second-order valence-electron chi connectivity index (χ2n) is 8.70. The zero-order valence-electron chi connectivity index (χ0n) is 20.0. The van der Waals surface area contributed by atoms with Crippen molar-refractivity contribution in [3.8, 4) is 11.5 Å². The molecule has 10 heteroatoms.